The van der Waals surface area contributed by atoms with Gasteiger partial charge in [-0.2, -0.15) is 0 Å². The quantitative estimate of drug-likeness (QED) is 0.600. The van der Waals surface area contributed by atoms with Gasteiger partial charge in [0.2, 0.25) is 5.91 Å². The highest BCUT2D eigenvalue weighted by Gasteiger charge is 2.19. The van der Waals surface area contributed by atoms with Crippen molar-refractivity contribution in [2.75, 3.05) is 24.8 Å². The van der Waals surface area contributed by atoms with Crippen LogP contribution >= 0.6 is 11.8 Å². The van der Waals surface area contributed by atoms with E-state index in [1.807, 2.05) is 17.7 Å². The summed E-state index contributed by atoms with van der Waals surface area (Å²) in [7, 11) is 2.97. The maximum absolute atomic E-state index is 12.4. The second-order valence-corrected chi connectivity index (χ2v) is 5.69. The summed E-state index contributed by atoms with van der Waals surface area (Å²) in [6.45, 7) is 2.82. The van der Waals surface area contributed by atoms with Crippen molar-refractivity contribution in [2.45, 2.75) is 18.6 Å². The van der Waals surface area contributed by atoms with Gasteiger partial charge in [0.1, 0.15) is 0 Å². The van der Waals surface area contributed by atoms with Gasteiger partial charge in [-0.3, -0.25) is 4.79 Å². The van der Waals surface area contributed by atoms with Crippen LogP contribution < -0.4 is 4.90 Å². The maximum Gasteiger partial charge on any atom is 0.339 e. The largest absolute Gasteiger partial charge is 0.465 e. The van der Waals surface area contributed by atoms with Crippen LogP contribution in [0.2, 0.25) is 0 Å². The monoisotopic (exact) mass is 333 g/mol. The Labute approximate surface area is 139 Å². The molecule has 122 valence electrons. The summed E-state index contributed by atoms with van der Waals surface area (Å²) in [6, 6.07) is 6.88. The number of carbonyl (C=O) groups is 2. The number of para-hydroxylation sites is 1. The van der Waals surface area contributed by atoms with E-state index < -0.39 is 5.97 Å². The van der Waals surface area contributed by atoms with Gasteiger partial charge in [-0.25, -0.2) is 9.78 Å². The molecule has 1 amide bonds. The number of ether oxygens (including phenoxy) is 1. The number of hydrogen-bond donors (Lipinski definition) is 0. The van der Waals surface area contributed by atoms with Gasteiger partial charge in [0.25, 0.3) is 0 Å². The first-order chi connectivity index (χ1) is 11.1. The molecular formula is C16H19N3O3S. The molecule has 0 unspecified atom stereocenters. The molecule has 0 N–H and O–H groups in total. The number of imidazole rings is 1. The number of esters is 1. The summed E-state index contributed by atoms with van der Waals surface area (Å²) < 4.78 is 6.73. The Hall–Kier alpha value is -2.28. The topological polar surface area (TPSA) is 64.4 Å². The van der Waals surface area contributed by atoms with Crippen molar-refractivity contribution >= 4 is 29.3 Å². The van der Waals surface area contributed by atoms with Crippen LogP contribution in [0.1, 0.15) is 17.3 Å². The summed E-state index contributed by atoms with van der Waals surface area (Å²) in [4.78, 5) is 29.9. The molecule has 0 fully saturated rings. The zero-order valence-corrected chi connectivity index (χ0v) is 14.2. The molecule has 1 aromatic carbocycles. The number of hydrogen-bond acceptors (Lipinski definition) is 5. The third kappa shape index (κ3) is 3.92. The van der Waals surface area contributed by atoms with E-state index in [-0.39, 0.29) is 11.7 Å². The van der Waals surface area contributed by atoms with Crippen LogP contribution in [0.15, 0.2) is 41.8 Å². The first kappa shape index (κ1) is 17.1. The molecule has 0 radical (unpaired) electrons. The number of aryl methyl sites for hydroxylation is 1. The molecule has 2 rings (SSSR count). The van der Waals surface area contributed by atoms with Gasteiger partial charge in [-0.1, -0.05) is 23.9 Å². The molecule has 0 atom stereocenters. The van der Waals surface area contributed by atoms with Crippen molar-refractivity contribution in [3.63, 3.8) is 0 Å². The minimum absolute atomic E-state index is 0.114. The molecular weight excluding hydrogens is 314 g/mol. The number of nitrogens with zero attached hydrogens (tertiary/aromatic N) is 3. The van der Waals surface area contributed by atoms with Crippen molar-refractivity contribution in [1.29, 1.82) is 0 Å². The Bertz CT molecular complexity index is 699. The fourth-order valence-corrected chi connectivity index (χ4v) is 3.02. The van der Waals surface area contributed by atoms with E-state index in [1.165, 1.54) is 23.8 Å². The van der Waals surface area contributed by atoms with E-state index in [0.717, 1.165) is 11.7 Å². The molecule has 6 nitrogen and oxygen atoms in total. The summed E-state index contributed by atoms with van der Waals surface area (Å²) in [5.74, 6) is -0.338. The van der Waals surface area contributed by atoms with Gasteiger partial charge in [0.15, 0.2) is 5.16 Å². The Balaban J connectivity index is 2.10. The van der Waals surface area contributed by atoms with Crippen LogP contribution in [0.25, 0.3) is 0 Å². The summed E-state index contributed by atoms with van der Waals surface area (Å²) >= 11 is 1.37. The first-order valence-corrected chi connectivity index (χ1v) is 8.14. The molecule has 0 saturated heterocycles. The Kier molecular flexibility index (Phi) is 5.81. The zero-order valence-electron chi connectivity index (χ0n) is 13.4. The van der Waals surface area contributed by atoms with Crippen LogP contribution in [0, 0.1) is 0 Å². The highest BCUT2D eigenvalue weighted by atomic mass is 32.2. The molecule has 0 saturated carbocycles. The Morgan fingerprint density at radius 1 is 1.35 bits per heavy atom. The fraction of sp³-hybridized carbons (Fsp3) is 0.312. The SMILES string of the molecule is CCn1ccnc1SCC(=O)N(C)c1ccccc1C(=O)OC. The summed E-state index contributed by atoms with van der Waals surface area (Å²) in [5.41, 5.74) is 0.898. The third-order valence-electron chi connectivity index (χ3n) is 3.39. The normalized spacial score (nSPS) is 10.4. The molecule has 7 heteroatoms. The van der Waals surface area contributed by atoms with E-state index in [2.05, 4.69) is 4.98 Å². The van der Waals surface area contributed by atoms with Crippen LogP contribution in [0.5, 0.6) is 0 Å². The van der Waals surface area contributed by atoms with E-state index in [1.54, 1.807) is 37.5 Å². The first-order valence-electron chi connectivity index (χ1n) is 7.16. The average molecular weight is 333 g/mol. The second kappa shape index (κ2) is 7.82. The van der Waals surface area contributed by atoms with Gasteiger partial charge in [-0.15, -0.1) is 0 Å². The van der Waals surface area contributed by atoms with Crippen molar-refractivity contribution in [2.24, 2.45) is 0 Å². The summed E-state index contributed by atoms with van der Waals surface area (Å²) in [5, 5.41) is 0.801. The van der Waals surface area contributed by atoms with E-state index in [9.17, 15) is 9.59 Å². The number of methoxy groups -OCH3 is 1. The minimum atomic E-state index is -0.463. The lowest BCUT2D eigenvalue weighted by molar-refractivity contribution is -0.115. The Morgan fingerprint density at radius 2 is 2.09 bits per heavy atom. The second-order valence-electron chi connectivity index (χ2n) is 4.75. The van der Waals surface area contributed by atoms with Crippen molar-refractivity contribution in [3.05, 3.63) is 42.2 Å². The molecule has 0 aliphatic rings. The van der Waals surface area contributed by atoms with Gasteiger partial charge in [0.05, 0.1) is 24.1 Å². The van der Waals surface area contributed by atoms with Gasteiger partial charge in [0, 0.05) is 26.0 Å². The zero-order chi connectivity index (χ0) is 16.8. The lowest BCUT2D eigenvalue weighted by Gasteiger charge is -2.19. The predicted octanol–water partition coefficient (Wildman–Crippen LogP) is 2.44. The van der Waals surface area contributed by atoms with E-state index >= 15 is 0 Å². The molecule has 0 aliphatic carbocycles. The average Bonchev–Trinajstić information content (AvgIpc) is 3.05. The predicted molar refractivity (Wildman–Crippen MR) is 89.8 cm³/mol. The smallest absolute Gasteiger partial charge is 0.339 e. The molecule has 0 spiro atoms. The van der Waals surface area contributed by atoms with Crippen LogP contribution in [-0.2, 0) is 16.1 Å². The number of thioether (sulfide) groups is 1. The van der Waals surface area contributed by atoms with E-state index in [0.29, 0.717) is 11.3 Å². The minimum Gasteiger partial charge on any atom is -0.465 e. The molecule has 2 aromatic rings. The van der Waals surface area contributed by atoms with Crippen LogP contribution in [-0.4, -0.2) is 41.3 Å². The fourth-order valence-electron chi connectivity index (χ4n) is 2.08. The van der Waals surface area contributed by atoms with Crippen molar-refractivity contribution in [3.8, 4) is 0 Å². The molecule has 1 aromatic heterocycles. The lowest BCUT2D eigenvalue weighted by Crippen LogP contribution is -2.29. The molecule has 0 aliphatic heterocycles. The number of rotatable bonds is 6. The van der Waals surface area contributed by atoms with Crippen molar-refractivity contribution < 1.29 is 14.3 Å². The highest BCUT2D eigenvalue weighted by Crippen LogP contribution is 2.22. The lowest BCUT2D eigenvalue weighted by atomic mass is 10.1. The molecule has 1 heterocycles. The van der Waals surface area contributed by atoms with Gasteiger partial charge >= 0.3 is 5.97 Å². The molecule has 0 bridgehead atoms. The van der Waals surface area contributed by atoms with Gasteiger partial charge in [-0.05, 0) is 19.1 Å². The highest BCUT2D eigenvalue weighted by molar-refractivity contribution is 7.99. The number of aromatic nitrogens is 2. The van der Waals surface area contributed by atoms with Crippen LogP contribution in [0.3, 0.4) is 0 Å². The van der Waals surface area contributed by atoms with Crippen LogP contribution in [0.4, 0.5) is 5.69 Å². The molecule has 23 heavy (non-hydrogen) atoms. The standard InChI is InChI=1S/C16H19N3O3S/c1-4-19-10-9-17-16(19)23-11-14(20)18(2)13-8-6-5-7-12(13)15(21)22-3/h5-10H,4,11H2,1-3H3. The third-order valence-corrected chi connectivity index (χ3v) is 4.38. The number of benzene rings is 1. The number of carbonyl (C=O) groups excluding carboxylic acids is 2. The van der Waals surface area contributed by atoms with Gasteiger partial charge < -0.3 is 14.2 Å². The van der Waals surface area contributed by atoms with Crippen molar-refractivity contribution in [1.82, 2.24) is 9.55 Å². The van der Waals surface area contributed by atoms with E-state index in [4.69, 9.17) is 4.74 Å². The summed E-state index contributed by atoms with van der Waals surface area (Å²) in [6.07, 6.45) is 3.59. The maximum atomic E-state index is 12.4. The Morgan fingerprint density at radius 3 is 2.78 bits per heavy atom. The number of anilines is 1. The number of amides is 1.